The van der Waals surface area contributed by atoms with Gasteiger partial charge in [0.1, 0.15) is 5.25 Å². The van der Waals surface area contributed by atoms with Crippen LogP contribution in [0.1, 0.15) is 6.42 Å². The van der Waals surface area contributed by atoms with E-state index in [9.17, 15) is 14.7 Å². The van der Waals surface area contributed by atoms with Crippen LogP contribution in [0.5, 0.6) is 5.88 Å². The number of carbonyl (C=O) groups excluding carboxylic acids is 2. The molecule has 1 aliphatic rings. The van der Waals surface area contributed by atoms with E-state index in [1.807, 2.05) is 24.3 Å². The number of hydrogen-bond donors (Lipinski definition) is 3. The first-order valence-corrected chi connectivity index (χ1v) is 10.2. The molecule has 8 nitrogen and oxygen atoms in total. The van der Waals surface area contributed by atoms with Crippen molar-refractivity contribution in [3.63, 3.8) is 0 Å². The number of fused-ring (bicyclic) bond motifs is 1. The molecule has 4 rings (SSSR count). The largest absolute Gasteiger partial charge is 0.493 e. The summed E-state index contributed by atoms with van der Waals surface area (Å²) in [5.74, 6) is -0.839. The number of thioether (sulfide) groups is 1. The average Bonchev–Trinajstić information content (AvgIpc) is 3.20. The minimum Gasteiger partial charge on any atom is -0.493 e. The molecule has 0 spiro atoms. The standard InChI is InChI=1S/C19H14BrN5O3S/c20-10-5-7-11(8-6-10)21-15(26)9-14-17(27)23-19(29-14)25-24-16-12-3-1-2-4-13(12)22-18(16)28/h1-8,14,22,28H,9H2,(H,21,26). The Hall–Kier alpha value is -2.98. The number of para-hydroxylation sites is 1. The molecule has 1 unspecified atom stereocenters. The number of amidine groups is 1. The van der Waals surface area contributed by atoms with Crippen LogP contribution in [0.2, 0.25) is 0 Å². The van der Waals surface area contributed by atoms with Crippen molar-refractivity contribution in [3.05, 3.63) is 53.0 Å². The molecule has 0 bridgehead atoms. The second-order valence-corrected chi connectivity index (χ2v) is 8.25. The second kappa shape index (κ2) is 8.18. The van der Waals surface area contributed by atoms with Gasteiger partial charge >= 0.3 is 0 Å². The maximum Gasteiger partial charge on any atom is 0.262 e. The van der Waals surface area contributed by atoms with Gasteiger partial charge in [-0.1, -0.05) is 45.9 Å². The lowest BCUT2D eigenvalue weighted by molar-refractivity contribution is -0.121. The van der Waals surface area contributed by atoms with Crippen molar-refractivity contribution < 1.29 is 14.7 Å². The van der Waals surface area contributed by atoms with Crippen LogP contribution >= 0.6 is 27.7 Å². The highest BCUT2D eigenvalue weighted by Gasteiger charge is 2.31. The number of carbonyl (C=O) groups is 2. The molecule has 0 fully saturated rings. The smallest absolute Gasteiger partial charge is 0.262 e. The molecule has 146 valence electrons. The van der Waals surface area contributed by atoms with E-state index in [0.717, 1.165) is 21.8 Å². The van der Waals surface area contributed by atoms with Gasteiger partial charge in [0.25, 0.3) is 5.91 Å². The number of azo groups is 1. The van der Waals surface area contributed by atoms with Crippen molar-refractivity contribution >= 4 is 67.0 Å². The van der Waals surface area contributed by atoms with Crippen molar-refractivity contribution in [1.29, 1.82) is 0 Å². The van der Waals surface area contributed by atoms with Crippen LogP contribution in [-0.4, -0.2) is 32.3 Å². The Morgan fingerprint density at radius 1 is 1.21 bits per heavy atom. The fraction of sp³-hybridized carbons (Fsp3) is 0.105. The Labute approximate surface area is 177 Å². The molecular formula is C19H14BrN5O3S. The van der Waals surface area contributed by atoms with Crippen molar-refractivity contribution in [2.45, 2.75) is 11.7 Å². The zero-order chi connectivity index (χ0) is 20.4. The number of aromatic amines is 1. The van der Waals surface area contributed by atoms with Crippen molar-refractivity contribution in [2.75, 3.05) is 5.32 Å². The molecule has 3 N–H and O–H groups in total. The Kier molecular flexibility index (Phi) is 5.45. The van der Waals surface area contributed by atoms with Gasteiger partial charge in [0.05, 0.1) is 5.52 Å². The molecule has 2 amide bonds. The van der Waals surface area contributed by atoms with E-state index in [4.69, 9.17) is 0 Å². The topological polar surface area (TPSA) is 119 Å². The van der Waals surface area contributed by atoms with Crippen LogP contribution in [0.25, 0.3) is 10.9 Å². The van der Waals surface area contributed by atoms with E-state index in [1.54, 1.807) is 24.3 Å². The highest BCUT2D eigenvalue weighted by molar-refractivity contribution is 9.10. The van der Waals surface area contributed by atoms with E-state index in [1.165, 1.54) is 0 Å². The molecule has 0 saturated carbocycles. The zero-order valence-corrected chi connectivity index (χ0v) is 17.2. The SMILES string of the molecule is O=C(CC1SC(N=Nc2c(O)[nH]c3ccccc23)=NC1=O)Nc1ccc(Br)cc1. The Morgan fingerprint density at radius 3 is 2.76 bits per heavy atom. The molecule has 0 saturated heterocycles. The monoisotopic (exact) mass is 471 g/mol. The summed E-state index contributed by atoms with van der Waals surface area (Å²) in [6.45, 7) is 0. The quantitative estimate of drug-likeness (QED) is 0.475. The predicted molar refractivity (Wildman–Crippen MR) is 116 cm³/mol. The number of hydrogen-bond acceptors (Lipinski definition) is 6. The maximum absolute atomic E-state index is 12.2. The number of benzene rings is 2. The number of aromatic hydroxyl groups is 1. The van der Waals surface area contributed by atoms with E-state index >= 15 is 0 Å². The minimum atomic E-state index is -0.657. The summed E-state index contributed by atoms with van der Waals surface area (Å²) in [5.41, 5.74) is 1.63. The number of amides is 2. The highest BCUT2D eigenvalue weighted by atomic mass is 79.9. The van der Waals surface area contributed by atoms with Crippen LogP contribution in [0.3, 0.4) is 0 Å². The molecule has 3 aromatic rings. The lowest BCUT2D eigenvalue weighted by Gasteiger charge is -2.07. The number of anilines is 1. The summed E-state index contributed by atoms with van der Waals surface area (Å²) in [6, 6.07) is 14.4. The van der Waals surface area contributed by atoms with Crippen LogP contribution in [-0.2, 0) is 9.59 Å². The number of H-pyrrole nitrogens is 1. The summed E-state index contributed by atoms with van der Waals surface area (Å²) in [6.07, 6.45) is -0.0274. The molecular weight excluding hydrogens is 458 g/mol. The predicted octanol–water partition coefficient (Wildman–Crippen LogP) is 4.75. The van der Waals surface area contributed by atoms with Crippen LogP contribution < -0.4 is 5.32 Å². The molecule has 1 aromatic heterocycles. The number of rotatable bonds is 4. The first-order valence-electron chi connectivity index (χ1n) is 8.55. The van der Waals surface area contributed by atoms with Crippen molar-refractivity contribution in [3.8, 4) is 5.88 Å². The molecule has 1 aliphatic heterocycles. The van der Waals surface area contributed by atoms with Gasteiger partial charge in [-0.15, -0.1) is 10.2 Å². The molecule has 29 heavy (non-hydrogen) atoms. The molecule has 10 heteroatoms. The third kappa shape index (κ3) is 4.38. The van der Waals surface area contributed by atoms with E-state index in [0.29, 0.717) is 11.1 Å². The van der Waals surface area contributed by atoms with E-state index in [2.05, 4.69) is 41.5 Å². The van der Waals surface area contributed by atoms with Gasteiger partial charge in [0.15, 0.2) is 5.69 Å². The lowest BCUT2D eigenvalue weighted by atomic mass is 10.2. The van der Waals surface area contributed by atoms with Gasteiger partial charge in [-0.05, 0) is 30.3 Å². The lowest BCUT2D eigenvalue weighted by Crippen LogP contribution is -2.21. The third-order valence-electron chi connectivity index (χ3n) is 4.12. The number of nitrogens with zero attached hydrogens (tertiary/aromatic N) is 3. The maximum atomic E-state index is 12.2. The Balaban J connectivity index is 1.40. The number of aliphatic imine (C=N–C) groups is 1. The van der Waals surface area contributed by atoms with Gasteiger partial charge in [0, 0.05) is 22.0 Å². The third-order valence-corrected chi connectivity index (χ3v) is 5.69. The van der Waals surface area contributed by atoms with Crippen molar-refractivity contribution in [2.24, 2.45) is 15.2 Å². The molecule has 1 atom stereocenters. The van der Waals surface area contributed by atoms with Gasteiger partial charge in [-0.25, -0.2) is 0 Å². The van der Waals surface area contributed by atoms with Gasteiger partial charge in [-0.2, -0.15) is 4.99 Å². The van der Waals surface area contributed by atoms with Crippen molar-refractivity contribution in [1.82, 2.24) is 4.98 Å². The fourth-order valence-corrected chi connectivity index (χ4v) is 3.90. The number of halogens is 1. The summed E-state index contributed by atoms with van der Waals surface area (Å²) in [7, 11) is 0. The van der Waals surface area contributed by atoms with Crippen LogP contribution in [0.4, 0.5) is 11.4 Å². The van der Waals surface area contributed by atoms with Gasteiger partial charge < -0.3 is 15.4 Å². The summed E-state index contributed by atoms with van der Waals surface area (Å²) < 4.78 is 0.904. The Bertz CT molecular complexity index is 1160. The van der Waals surface area contributed by atoms with Gasteiger partial charge in [0.2, 0.25) is 17.0 Å². The second-order valence-electron chi connectivity index (χ2n) is 6.17. The first-order chi connectivity index (χ1) is 14.0. The molecule has 0 radical (unpaired) electrons. The average molecular weight is 472 g/mol. The van der Waals surface area contributed by atoms with Crippen LogP contribution in [0.15, 0.2) is 68.2 Å². The number of nitrogens with one attached hydrogen (secondary N) is 2. The summed E-state index contributed by atoms with van der Waals surface area (Å²) >= 11 is 4.40. The summed E-state index contributed by atoms with van der Waals surface area (Å²) in [5, 5.41) is 21.0. The molecule has 0 aliphatic carbocycles. The van der Waals surface area contributed by atoms with E-state index < -0.39 is 11.2 Å². The minimum absolute atomic E-state index is 0.0274. The van der Waals surface area contributed by atoms with Crippen LogP contribution in [0, 0.1) is 0 Å². The first kappa shape index (κ1) is 19.3. The van der Waals surface area contributed by atoms with Gasteiger partial charge in [-0.3, -0.25) is 9.59 Å². The highest BCUT2D eigenvalue weighted by Crippen LogP contribution is 2.36. The fourth-order valence-electron chi connectivity index (χ4n) is 2.77. The van der Waals surface area contributed by atoms with E-state index in [-0.39, 0.29) is 29.1 Å². The summed E-state index contributed by atoms with van der Waals surface area (Å²) in [4.78, 5) is 31.0. The normalized spacial score (nSPS) is 16.5. The molecule has 2 heterocycles. The Morgan fingerprint density at radius 2 is 1.97 bits per heavy atom. The number of aromatic nitrogens is 1. The zero-order valence-electron chi connectivity index (χ0n) is 14.8. The molecule has 2 aromatic carbocycles.